The SMILES string of the molecule is O=C(O)NC1C[C@H]2CCC[C@@H](C1)C2=O. The fraction of sp³-hybridized carbons (Fsp3) is 0.800. The van der Waals surface area contributed by atoms with Crippen molar-refractivity contribution in [1.82, 2.24) is 5.32 Å². The zero-order valence-corrected chi connectivity index (χ0v) is 8.03. The van der Waals surface area contributed by atoms with E-state index in [0.29, 0.717) is 18.6 Å². The standard InChI is InChI=1S/C10H15NO3/c12-9-6-2-1-3-7(9)5-8(4-6)11-10(13)14/h6-8,11H,1-5H2,(H,13,14)/t6-,7+,8?. The number of nitrogens with one attached hydrogen (secondary N) is 1. The zero-order valence-electron chi connectivity index (χ0n) is 8.03. The molecule has 4 heteroatoms. The Labute approximate surface area is 82.7 Å². The van der Waals surface area contributed by atoms with Crippen LogP contribution in [0.15, 0.2) is 0 Å². The van der Waals surface area contributed by atoms with Crippen molar-refractivity contribution in [2.45, 2.75) is 38.1 Å². The van der Waals surface area contributed by atoms with Crippen LogP contribution in [0, 0.1) is 11.8 Å². The van der Waals surface area contributed by atoms with Gasteiger partial charge >= 0.3 is 6.09 Å². The van der Waals surface area contributed by atoms with Crippen LogP contribution in [0.4, 0.5) is 4.79 Å². The summed E-state index contributed by atoms with van der Waals surface area (Å²) in [6, 6.07) is 0.000463. The van der Waals surface area contributed by atoms with Crippen LogP contribution < -0.4 is 5.32 Å². The number of hydrogen-bond donors (Lipinski definition) is 2. The molecule has 2 saturated carbocycles. The molecule has 0 aromatic rings. The van der Waals surface area contributed by atoms with Gasteiger partial charge in [0.25, 0.3) is 0 Å². The normalized spacial score (nSPS) is 36.6. The minimum atomic E-state index is -0.970. The van der Waals surface area contributed by atoms with Gasteiger partial charge in [-0.2, -0.15) is 0 Å². The van der Waals surface area contributed by atoms with Gasteiger partial charge in [0.1, 0.15) is 5.78 Å². The molecule has 4 nitrogen and oxygen atoms in total. The van der Waals surface area contributed by atoms with Gasteiger partial charge in [0.05, 0.1) is 0 Å². The molecule has 0 radical (unpaired) electrons. The number of ketones is 1. The van der Waals surface area contributed by atoms with E-state index in [2.05, 4.69) is 5.32 Å². The van der Waals surface area contributed by atoms with Crippen LogP contribution in [0.25, 0.3) is 0 Å². The highest BCUT2D eigenvalue weighted by atomic mass is 16.4. The lowest BCUT2D eigenvalue weighted by Crippen LogP contribution is -2.46. The van der Waals surface area contributed by atoms with E-state index in [1.807, 2.05) is 0 Å². The van der Waals surface area contributed by atoms with E-state index in [9.17, 15) is 9.59 Å². The van der Waals surface area contributed by atoms with Gasteiger partial charge in [0.15, 0.2) is 0 Å². The van der Waals surface area contributed by atoms with Gasteiger partial charge < -0.3 is 10.4 Å². The topological polar surface area (TPSA) is 66.4 Å². The maximum Gasteiger partial charge on any atom is 0.404 e. The average molecular weight is 197 g/mol. The first kappa shape index (κ1) is 9.49. The number of carboxylic acid groups (broad SMARTS) is 1. The van der Waals surface area contributed by atoms with Gasteiger partial charge in [-0.15, -0.1) is 0 Å². The van der Waals surface area contributed by atoms with Crippen molar-refractivity contribution in [3.05, 3.63) is 0 Å². The fourth-order valence-corrected chi connectivity index (χ4v) is 2.77. The van der Waals surface area contributed by atoms with Crippen molar-refractivity contribution in [2.75, 3.05) is 0 Å². The quantitative estimate of drug-likeness (QED) is 0.667. The van der Waals surface area contributed by atoms with E-state index < -0.39 is 6.09 Å². The van der Waals surface area contributed by atoms with Gasteiger partial charge in [-0.1, -0.05) is 6.42 Å². The molecule has 2 bridgehead atoms. The third-order valence-corrected chi connectivity index (χ3v) is 3.38. The van der Waals surface area contributed by atoms with E-state index >= 15 is 0 Å². The molecule has 0 heterocycles. The first-order chi connectivity index (χ1) is 6.66. The Hall–Kier alpha value is -1.06. The zero-order chi connectivity index (χ0) is 10.1. The monoisotopic (exact) mass is 197 g/mol. The molecular weight excluding hydrogens is 182 g/mol. The van der Waals surface area contributed by atoms with Crippen molar-refractivity contribution in [3.8, 4) is 0 Å². The highest BCUT2D eigenvalue weighted by Gasteiger charge is 2.39. The molecule has 2 rings (SSSR count). The molecule has 2 aliphatic carbocycles. The third-order valence-electron chi connectivity index (χ3n) is 3.38. The molecule has 78 valence electrons. The second-order valence-electron chi connectivity index (χ2n) is 4.34. The number of carbonyl (C=O) groups is 2. The molecule has 0 aliphatic heterocycles. The summed E-state index contributed by atoms with van der Waals surface area (Å²) in [6.45, 7) is 0. The number of hydrogen-bond acceptors (Lipinski definition) is 2. The Morgan fingerprint density at radius 1 is 1.29 bits per heavy atom. The van der Waals surface area contributed by atoms with Crippen LogP contribution in [0.2, 0.25) is 0 Å². The number of amides is 1. The summed E-state index contributed by atoms with van der Waals surface area (Å²) < 4.78 is 0. The average Bonchev–Trinajstić information content (AvgIpc) is 2.05. The summed E-state index contributed by atoms with van der Waals surface area (Å²) in [4.78, 5) is 22.1. The highest BCUT2D eigenvalue weighted by Crippen LogP contribution is 2.36. The molecule has 2 fully saturated rings. The minimum Gasteiger partial charge on any atom is -0.465 e. The van der Waals surface area contributed by atoms with E-state index in [4.69, 9.17) is 5.11 Å². The van der Waals surface area contributed by atoms with Crippen LogP contribution >= 0.6 is 0 Å². The maximum absolute atomic E-state index is 11.7. The third kappa shape index (κ3) is 1.74. The van der Waals surface area contributed by atoms with Gasteiger partial charge in [-0.3, -0.25) is 4.79 Å². The molecule has 2 N–H and O–H groups in total. The molecule has 1 amide bonds. The Morgan fingerprint density at radius 2 is 1.86 bits per heavy atom. The number of rotatable bonds is 1. The summed E-state index contributed by atoms with van der Waals surface area (Å²) in [5, 5.41) is 11.1. The molecule has 1 unspecified atom stereocenters. The van der Waals surface area contributed by atoms with Gasteiger partial charge in [0, 0.05) is 17.9 Å². The molecule has 0 saturated heterocycles. The van der Waals surface area contributed by atoms with Crippen molar-refractivity contribution in [2.24, 2.45) is 11.8 Å². The second-order valence-corrected chi connectivity index (χ2v) is 4.34. The number of fused-ring (bicyclic) bond motifs is 2. The predicted octanol–water partition coefficient (Wildman–Crippen LogP) is 1.40. The van der Waals surface area contributed by atoms with Crippen LogP contribution in [0.3, 0.4) is 0 Å². The summed E-state index contributed by atoms with van der Waals surface area (Å²) in [6.07, 6.45) is 3.48. The lowest BCUT2D eigenvalue weighted by atomic mass is 9.69. The summed E-state index contributed by atoms with van der Waals surface area (Å²) in [7, 11) is 0. The molecule has 0 spiro atoms. The Bertz CT molecular complexity index is 248. The van der Waals surface area contributed by atoms with E-state index in [1.165, 1.54) is 0 Å². The summed E-state index contributed by atoms with van der Waals surface area (Å²) >= 11 is 0. The van der Waals surface area contributed by atoms with E-state index in [1.54, 1.807) is 0 Å². The molecule has 2 aliphatic rings. The predicted molar refractivity (Wildman–Crippen MR) is 50.0 cm³/mol. The van der Waals surface area contributed by atoms with E-state index in [-0.39, 0.29) is 17.9 Å². The van der Waals surface area contributed by atoms with Crippen LogP contribution in [-0.4, -0.2) is 23.0 Å². The molecule has 0 aromatic carbocycles. The fourth-order valence-electron chi connectivity index (χ4n) is 2.77. The van der Waals surface area contributed by atoms with Crippen LogP contribution in [-0.2, 0) is 4.79 Å². The van der Waals surface area contributed by atoms with Crippen molar-refractivity contribution >= 4 is 11.9 Å². The van der Waals surface area contributed by atoms with Gasteiger partial charge in [-0.05, 0) is 25.7 Å². The number of carbonyl (C=O) groups excluding carboxylic acids is 1. The molecule has 0 aromatic heterocycles. The lowest BCUT2D eigenvalue weighted by Gasteiger charge is -2.37. The Morgan fingerprint density at radius 3 is 2.36 bits per heavy atom. The summed E-state index contributed by atoms with van der Waals surface area (Å²) in [5.74, 6) is 0.624. The Kier molecular flexibility index (Phi) is 2.44. The van der Waals surface area contributed by atoms with Crippen LogP contribution in [0.5, 0.6) is 0 Å². The van der Waals surface area contributed by atoms with Crippen LogP contribution in [0.1, 0.15) is 32.1 Å². The van der Waals surface area contributed by atoms with Crippen molar-refractivity contribution in [1.29, 1.82) is 0 Å². The van der Waals surface area contributed by atoms with Gasteiger partial charge in [-0.25, -0.2) is 4.79 Å². The Balaban J connectivity index is 2.00. The number of Topliss-reactive ketones (excluding diaryl/α,β-unsaturated/α-hetero) is 1. The maximum atomic E-state index is 11.7. The van der Waals surface area contributed by atoms with E-state index in [0.717, 1.165) is 19.3 Å². The van der Waals surface area contributed by atoms with Crippen molar-refractivity contribution < 1.29 is 14.7 Å². The first-order valence-corrected chi connectivity index (χ1v) is 5.20. The smallest absolute Gasteiger partial charge is 0.404 e. The first-order valence-electron chi connectivity index (χ1n) is 5.20. The molecule has 14 heavy (non-hydrogen) atoms. The molecular formula is C10H15NO3. The van der Waals surface area contributed by atoms with Gasteiger partial charge in [0.2, 0.25) is 0 Å². The largest absolute Gasteiger partial charge is 0.465 e. The summed E-state index contributed by atoms with van der Waals surface area (Å²) in [5.41, 5.74) is 0. The second kappa shape index (κ2) is 3.59. The minimum absolute atomic E-state index is 0.000463. The molecule has 3 atom stereocenters. The van der Waals surface area contributed by atoms with Crippen molar-refractivity contribution in [3.63, 3.8) is 0 Å². The lowest BCUT2D eigenvalue weighted by molar-refractivity contribution is -0.132. The highest BCUT2D eigenvalue weighted by molar-refractivity contribution is 5.85.